The maximum Gasteiger partial charge on any atom is 0.243 e. The Morgan fingerprint density at radius 3 is 2.65 bits per heavy atom. The van der Waals surface area contributed by atoms with Crippen LogP contribution in [0.5, 0.6) is 0 Å². The average Bonchev–Trinajstić information content (AvgIpc) is 2.88. The molecular formula is C13H19ClFNO. The molecule has 2 aliphatic rings. The Bertz CT molecular complexity index is 311. The summed E-state index contributed by atoms with van der Waals surface area (Å²) in [5.41, 5.74) is 0. The number of carbonyl (C=O) groups is 1. The van der Waals surface area contributed by atoms with Crippen molar-refractivity contribution in [1.29, 1.82) is 0 Å². The van der Waals surface area contributed by atoms with Crippen molar-refractivity contribution in [3.63, 3.8) is 0 Å². The van der Waals surface area contributed by atoms with Gasteiger partial charge in [0, 0.05) is 18.4 Å². The van der Waals surface area contributed by atoms with E-state index in [1.807, 2.05) is 0 Å². The molecule has 0 radical (unpaired) electrons. The molecule has 2 rings (SSSR count). The molecule has 0 heterocycles. The molecule has 2 fully saturated rings. The largest absolute Gasteiger partial charge is 0.350 e. The van der Waals surface area contributed by atoms with Gasteiger partial charge in [-0.15, -0.1) is 0 Å². The van der Waals surface area contributed by atoms with Crippen molar-refractivity contribution in [2.75, 3.05) is 0 Å². The predicted molar refractivity (Wildman–Crippen MR) is 66.6 cm³/mol. The van der Waals surface area contributed by atoms with E-state index in [1.54, 1.807) is 6.08 Å². The van der Waals surface area contributed by atoms with Crippen LogP contribution < -0.4 is 5.32 Å². The Balaban J connectivity index is 1.64. The van der Waals surface area contributed by atoms with E-state index >= 15 is 0 Å². The molecule has 2 nitrogen and oxygen atoms in total. The van der Waals surface area contributed by atoms with Gasteiger partial charge < -0.3 is 5.32 Å². The van der Waals surface area contributed by atoms with Gasteiger partial charge in [-0.25, -0.2) is 4.39 Å². The molecule has 2 atom stereocenters. The summed E-state index contributed by atoms with van der Waals surface area (Å²) in [6.45, 7) is 0. The monoisotopic (exact) mass is 259 g/mol. The van der Waals surface area contributed by atoms with E-state index in [4.69, 9.17) is 11.6 Å². The van der Waals surface area contributed by atoms with Crippen LogP contribution in [-0.4, -0.2) is 17.1 Å². The fourth-order valence-corrected chi connectivity index (χ4v) is 2.64. The summed E-state index contributed by atoms with van der Waals surface area (Å²) in [5.74, 6) is -0.167. The van der Waals surface area contributed by atoms with Crippen LogP contribution in [0.4, 0.5) is 4.39 Å². The van der Waals surface area contributed by atoms with Crippen LogP contribution in [-0.2, 0) is 4.79 Å². The maximum absolute atomic E-state index is 13.0. The zero-order valence-electron chi connectivity index (χ0n) is 9.92. The van der Waals surface area contributed by atoms with Crippen molar-refractivity contribution in [2.45, 2.75) is 56.1 Å². The number of allylic oxidation sites excluding steroid dienone is 1. The lowest BCUT2D eigenvalue weighted by Crippen LogP contribution is -2.35. The number of nitrogens with one attached hydrogen (secondary N) is 1. The van der Waals surface area contributed by atoms with Crippen molar-refractivity contribution >= 4 is 17.5 Å². The van der Waals surface area contributed by atoms with E-state index in [2.05, 4.69) is 5.32 Å². The van der Waals surface area contributed by atoms with Crippen LogP contribution >= 0.6 is 11.6 Å². The van der Waals surface area contributed by atoms with E-state index in [-0.39, 0.29) is 11.8 Å². The van der Waals surface area contributed by atoms with Crippen molar-refractivity contribution in [3.05, 3.63) is 12.2 Å². The number of rotatable bonds is 4. The minimum atomic E-state index is -1.51. The topological polar surface area (TPSA) is 29.1 Å². The summed E-state index contributed by atoms with van der Waals surface area (Å²) in [6, 6.07) is 0.329. The van der Waals surface area contributed by atoms with Crippen LogP contribution in [0.15, 0.2) is 12.2 Å². The van der Waals surface area contributed by atoms with Gasteiger partial charge in [0.15, 0.2) is 5.13 Å². The molecule has 2 unspecified atom stereocenters. The zero-order valence-corrected chi connectivity index (χ0v) is 10.7. The van der Waals surface area contributed by atoms with Gasteiger partial charge in [-0.3, -0.25) is 4.79 Å². The average molecular weight is 260 g/mol. The smallest absolute Gasteiger partial charge is 0.243 e. The molecule has 0 aromatic rings. The van der Waals surface area contributed by atoms with Crippen LogP contribution in [0.25, 0.3) is 0 Å². The first kappa shape index (κ1) is 12.9. The van der Waals surface area contributed by atoms with Crippen molar-refractivity contribution in [1.82, 2.24) is 5.32 Å². The number of carbonyl (C=O) groups excluding carboxylic acids is 1. The van der Waals surface area contributed by atoms with Gasteiger partial charge in [0.05, 0.1) is 0 Å². The molecule has 0 bridgehead atoms. The van der Waals surface area contributed by atoms with Crippen LogP contribution in [0, 0.1) is 5.92 Å². The zero-order chi connectivity index (χ0) is 12.3. The van der Waals surface area contributed by atoms with E-state index in [0.717, 1.165) is 12.8 Å². The summed E-state index contributed by atoms with van der Waals surface area (Å²) in [7, 11) is 0. The lowest BCUT2D eigenvalue weighted by atomic mass is 9.95. The second kappa shape index (κ2) is 5.38. The van der Waals surface area contributed by atoms with Crippen molar-refractivity contribution in [3.8, 4) is 0 Å². The molecule has 96 valence electrons. The summed E-state index contributed by atoms with van der Waals surface area (Å²) in [4.78, 5) is 11.5. The van der Waals surface area contributed by atoms with Gasteiger partial charge in [-0.1, -0.05) is 36.9 Å². The first-order valence-corrected chi connectivity index (χ1v) is 6.80. The standard InChI is InChI=1S/C13H19ClFNO/c14-13(15)9-10(13)5-4-8-12(17)16-11-6-2-1-3-7-11/h4,8,10-11H,1-3,5-7,9H2,(H,16,17)/b8-4+. The van der Waals surface area contributed by atoms with E-state index < -0.39 is 5.13 Å². The highest BCUT2D eigenvalue weighted by Crippen LogP contribution is 2.52. The van der Waals surface area contributed by atoms with Crippen molar-refractivity contribution < 1.29 is 9.18 Å². The molecule has 0 aromatic carbocycles. The molecule has 1 amide bonds. The highest BCUT2D eigenvalue weighted by atomic mass is 35.5. The molecule has 2 aliphatic carbocycles. The van der Waals surface area contributed by atoms with Gasteiger partial charge in [-0.05, 0) is 25.3 Å². The first-order chi connectivity index (χ1) is 8.08. The molecule has 4 heteroatoms. The lowest BCUT2D eigenvalue weighted by molar-refractivity contribution is -0.117. The fraction of sp³-hybridized carbons (Fsp3) is 0.769. The minimum absolute atomic E-state index is 0.0587. The van der Waals surface area contributed by atoms with Crippen molar-refractivity contribution in [2.24, 2.45) is 5.92 Å². The quantitative estimate of drug-likeness (QED) is 0.609. The second-order valence-electron chi connectivity index (χ2n) is 5.14. The second-order valence-corrected chi connectivity index (χ2v) is 5.77. The summed E-state index contributed by atoms with van der Waals surface area (Å²) in [6.07, 6.45) is 10.0. The fourth-order valence-electron chi connectivity index (χ4n) is 2.36. The van der Waals surface area contributed by atoms with E-state index in [0.29, 0.717) is 18.9 Å². The number of halogens is 2. The highest BCUT2D eigenvalue weighted by molar-refractivity contribution is 6.25. The molecular weight excluding hydrogens is 241 g/mol. The van der Waals surface area contributed by atoms with E-state index in [1.165, 1.54) is 25.3 Å². The maximum atomic E-state index is 13.0. The highest BCUT2D eigenvalue weighted by Gasteiger charge is 2.52. The van der Waals surface area contributed by atoms with Gasteiger partial charge in [-0.2, -0.15) is 0 Å². The molecule has 0 saturated heterocycles. The Labute approximate surface area is 107 Å². The molecule has 1 N–H and O–H groups in total. The molecule has 0 aromatic heterocycles. The Hall–Kier alpha value is -0.570. The number of hydrogen-bond acceptors (Lipinski definition) is 1. The Kier molecular flexibility index (Phi) is 4.08. The molecule has 0 spiro atoms. The van der Waals surface area contributed by atoms with Crippen LogP contribution in [0.3, 0.4) is 0 Å². The Morgan fingerprint density at radius 1 is 1.41 bits per heavy atom. The van der Waals surface area contributed by atoms with Gasteiger partial charge in [0.2, 0.25) is 5.91 Å². The predicted octanol–water partition coefficient (Wildman–Crippen LogP) is 3.31. The first-order valence-electron chi connectivity index (χ1n) is 6.43. The third-order valence-electron chi connectivity index (χ3n) is 3.60. The normalized spacial score (nSPS) is 33.9. The van der Waals surface area contributed by atoms with Crippen LogP contribution in [0.2, 0.25) is 0 Å². The third kappa shape index (κ3) is 3.98. The number of amides is 1. The number of hydrogen-bond donors (Lipinski definition) is 1. The Morgan fingerprint density at radius 2 is 2.06 bits per heavy atom. The molecule has 2 saturated carbocycles. The molecule has 0 aliphatic heterocycles. The number of alkyl halides is 2. The van der Waals surface area contributed by atoms with Gasteiger partial charge in [0.1, 0.15) is 0 Å². The summed E-state index contributed by atoms with van der Waals surface area (Å²) < 4.78 is 13.0. The lowest BCUT2D eigenvalue weighted by Gasteiger charge is -2.21. The summed E-state index contributed by atoms with van der Waals surface area (Å²) in [5, 5.41) is 1.47. The van der Waals surface area contributed by atoms with E-state index in [9.17, 15) is 9.18 Å². The SMILES string of the molecule is O=C(/C=C/CC1CC1(F)Cl)NC1CCCCC1. The minimum Gasteiger partial charge on any atom is -0.350 e. The third-order valence-corrected chi connectivity index (χ3v) is 4.06. The van der Waals surface area contributed by atoms with Crippen LogP contribution in [0.1, 0.15) is 44.9 Å². The molecule has 17 heavy (non-hydrogen) atoms. The van der Waals surface area contributed by atoms with Gasteiger partial charge in [0.25, 0.3) is 0 Å². The summed E-state index contributed by atoms with van der Waals surface area (Å²) >= 11 is 5.48. The van der Waals surface area contributed by atoms with Gasteiger partial charge >= 0.3 is 0 Å².